The fraction of sp³-hybridized carbons (Fsp3) is 0.500. The van der Waals surface area contributed by atoms with Gasteiger partial charge in [-0.15, -0.1) is 0 Å². The number of benzene rings is 1. The molecule has 1 aliphatic rings. The number of rotatable bonds is 2. The van der Waals surface area contributed by atoms with Crippen molar-refractivity contribution in [1.82, 2.24) is 0 Å². The molecule has 15 heavy (non-hydrogen) atoms. The quantitative estimate of drug-likeness (QED) is 0.814. The second kappa shape index (κ2) is 5.26. The van der Waals surface area contributed by atoms with Gasteiger partial charge in [0.1, 0.15) is 0 Å². The zero-order valence-corrected chi connectivity index (χ0v) is 11.4. The highest BCUT2D eigenvalue weighted by Gasteiger charge is 2.18. The Bertz CT molecular complexity index is 304. The van der Waals surface area contributed by atoms with Gasteiger partial charge in [-0.2, -0.15) is 11.8 Å². The molecule has 1 nitrogen and oxygen atoms in total. The number of piperidine rings is 1. The van der Waals surface area contributed by atoms with Crippen LogP contribution in [0.2, 0.25) is 0 Å². The van der Waals surface area contributed by atoms with Gasteiger partial charge in [0.05, 0.1) is 0 Å². The standard InChI is InChI=1S/C12H16BrNS/c1-15-12-6-8-14(9-7-12)11-4-2-10(13)3-5-11/h2-5,12H,6-9H2,1H3. The van der Waals surface area contributed by atoms with Crippen molar-refractivity contribution >= 4 is 33.4 Å². The maximum Gasteiger partial charge on any atom is 0.0366 e. The molecule has 0 aromatic heterocycles. The Balaban J connectivity index is 1.98. The summed E-state index contributed by atoms with van der Waals surface area (Å²) in [6.45, 7) is 2.40. The van der Waals surface area contributed by atoms with Crippen LogP contribution in [0, 0.1) is 0 Å². The molecule has 0 spiro atoms. The molecule has 1 aromatic rings. The van der Waals surface area contributed by atoms with Crippen LogP contribution >= 0.6 is 27.7 Å². The third-order valence-corrected chi connectivity index (χ3v) is 4.63. The summed E-state index contributed by atoms with van der Waals surface area (Å²) in [5, 5.41) is 0.872. The predicted octanol–water partition coefficient (Wildman–Crippen LogP) is 3.78. The van der Waals surface area contributed by atoms with Crippen molar-refractivity contribution in [2.24, 2.45) is 0 Å². The first-order valence-electron chi connectivity index (χ1n) is 5.33. The lowest BCUT2D eigenvalue weighted by molar-refractivity contribution is 0.592. The van der Waals surface area contributed by atoms with Gasteiger partial charge in [0.2, 0.25) is 0 Å². The van der Waals surface area contributed by atoms with E-state index in [4.69, 9.17) is 0 Å². The maximum absolute atomic E-state index is 3.47. The van der Waals surface area contributed by atoms with Gasteiger partial charge >= 0.3 is 0 Å². The number of hydrogen-bond acceptors (Lipinski definition) is 2. The molecule has 1 aromatic carbocycles. The maximum atomic E-state index is 3.47. The average Bonchev–Trinajstić information content (AvgIpc) is 2.30. The zero-order valence-electron chi connectivity index (χ0n) is 8.95. The van der Waals surface area contributed by atoms with Gasteiger partial charge in [0, 0.05) is 28.5 Å². The number of hydrogen-bond donors (Lipinski definition) is 0. The summed E-state index contributed by atoms with van der Waals surface area (Å²) < 4.78 is 1.16. The molecule has 2 rings (SSSR count). The van der Waals surface area contributed by atoms with E-state index < -0.39 is 0 Å². The molecule has 0 N–H and O–H groups in total. The zero-order chi connectivity index (χ0) is 10.7. The first-order valence-corrected chi connectivity index (χ1v) is 7.41. The largest absolute Gasteiger partial charge is 0.371 e. The molecule has 3 heteroatoms. The summed E-state index contributed by atoms with van der Waals surface area (Å²) in [5.74, 6) is 0. The van der Waals surface area contributed by atoms with E-state index >= 15 is 0 Å². The Labute approximate surface area is 104 Å². The number of anilines is 1. The van der Waals surface area contributed by atoms with Crippen molar-refractivity contribution in [2.75, 3.05) is 24.2 Å². The van der Waals surface area contributed by atoms with Crippen molar-refractivity contribution < 1.29 is 0 Å². The Morgan fingerprint density at radius 1 is 1.20 bits per heavy atom. The molecule has 1 saturated heterocycles. The van der Waals surface area contributed by atoms with Crippen LogP contribution in [0.3, 0.4) is 0 Å². The first kappa shape index (κ1) is 11.3. The molecule has 1 aliphatic heterocycles. The summed E-state index contributed by atoms with van der Waals surface area (Å²) >= 11 is 5.48. The minimum atomic E-state index is 0.872. The molecule has 1 fully saturated rings. The fourth-order valence-electron chi connectivity index (χ4n) is 2.00. The van der Waals surface area contributed by atoms with Crippen LogP contribution in [0.5, 0.6) is 0 Å². The van der Waals surface area contributed by atoms with Gasteiger partial charge < -0.3 is 4.90 Å². The van der Waals surface area contributed by atoms with E-state index in [1.807, 2.05) is 11.8 Å². The lowest BCUT2D eigenvalue weighted by Crippen LogP contribution is -2.34. The molecule has 0 unspecified atom stereocenters. The monoisotopic (exact) mass is 285 g/mol. The van der Waals surface area contributed by atoms with Crippen LogP contribution in [-0.2, 0) is 0 Å². The Morgan fingerprint density at radius 3 is 2.33 bits per heavy atom. The summed E-state index contributed by atoms with van der Waals surface area (Å²) in [7, 11) is 0. The van der Waals surface area contributed by atoms with E-state index in [2.05, 4.69) is 51.4 Å². The second-order valence-electron chi connectivity index (χ2n) is 3.90. The lowest BCUT2D eigenvalue weighted by Gasteiger charge is -2.32. The van der Waals surface area contributed by atoms with Gasteiger partial charge in [-0.05, 0) is 43.4 Å². The van der Waals surface area contributed by atoms with E-state index in [0.29, 0.717) is 0 Å². The van der Waals surface area contributed by atoms with Crippen LogP contribution in [-0.4, -0.2) is 24.6 Å². The van der Waals surface area contributed by atoms with Crippen molar-refractivity contribution in [3.8, 4) is 0 Å². The molecule has 82 valence electrons. The molecule has 0 amide bonds. The van der Waals surface area contributed by atoms with Gasteiger partial charge in [-0.25, -0.2) is 0 Å². The SMILES string of the molecule is CSC1CCN(c2ccc(Br)cc2)CC1. The average molecular weight is 286 g/mol. The third kappa shape index (κ3) is 2.91. The van der Waals surface area contributed by atoms with Crippen LogP contribution < -0.4 is 4.90 Å². The van der Waals surface area contributed by atoms with Crippen molar-refractivity contribution in [3.05, 3.63) is 28.7 Å². The minimum absolute atomic E-state index is 0.872. The number of halogens is 1. The van der Waals surface area contributed by atoms with E-state index in [1.54, 1.807) is 0 Å². The van der Waals surface area contributed by atoms with Crippen molar-refractivity contribution in [3.63, 3.8) is 0 Å². The van der Waals surface area contributed by atoms with Gasteiger partial charge in [0.15, 0.2) is 0 Å². The van der Waals surface area contributed by atoms with Crippen molar-refractivity contribution in [1.29, 1.82) is 0 Å². The molecule has 0 radical (unpaired) electrons. The Hall–Kier alpha value is -0.150. The normalized spacial score (nSPS) is 18.1. The predicted molar refractivity (Wildman–Crippen MR) is 72.9 cm³/mol. The van der Waals surface area contributed by atoms with Crippen LogP contribution in [0.4, 0.5) is 5.69 Å². The summed E-state index contributed by atoms with van der Waals surface area (Å²) in [6, 6.07) is 8.64. The van der Waals surface area contributed by atoms with Crippen molar-refractivity contribution in [2.45, 2.75) is 18.1 Å². The van der Waals surface area contributed by atoms with E-state index in [0.717, 1.165) is 9.72 Å². The molecule has 0 saturated carbocycles. The molecular formula is C12H16BrNS. The highest BCUT2D eigenvalue weighted by Crippen LogP contribution is 2.26. The molecule has 0 bridgehead atoms. The molecular weight excluding hydrogens is 270 g/mol. The number of nitrogens with zero attached hydrogens (tertiary/aromatic N) is 1. The van der Waals surface area contributed by atoms with E-state index in [9.17, 15) is 0 Å². The van der Waals surface area contributed by atoms with E-state index in [1.165, 1.54) is 31.6 Å². The van der Waals surface area contributed by atoms with Crippen LogP contribution in [0.25, 0.3) is 0 Å². The second-order valence-corrected chi connectivity index (χ2v) is 5.95. The number of thioether (sulfide) groups is 1. The summed E-state index contributed by atoms with van der Waals surface area (Å²) in [4.78, 5) is 2.49. The van der Waals surface area contributed by atoms with Crippen LogP contribution in [0.1, 0.15) is 12.8 Å². The highest BCUT2D eigenvalue weighted by atomic mass is 79.9. The van der Waals surface area contributed by atoms with E-state index in [-0.39, 0.29) is 0 Å². The topological polar surface area (TPSA) is 3.24 Å². The van der Waals surface area contributed by atoms with Gasteiger partial charge in [-0.1, -0.05) is 15.9 Å². The molecule has 0 atom stereocenters. The Morgan fingerprint density at radius 2 is 1.80 bits per heavy atom. The first-order chi connectivity index (χ1) is 7.29. The minimum Gasteiger partial charge on any atom is -0.371 e. The fourth-order valence-corrected chi connectivity index (χ4v) is 2.95. The summed E-state index contributed by atoms with van der Waals surface area (Å²) in [5.41, 5.74) is 1.36. The smallest absolute Gasteiger partial charge is 0.0366 e. The third-order valence-electron chi connectivity index (χ3n) is 2.97. The molecule has 1 heterocycles. The lowest BCUT2D eigenvalue weighted by atomic mass is 10.1. The Kier molecular flexibility index (Phi) is 3.98. The highest BCUT2D eigenvalue weighted by molar-refractivity contribution is 9.10. The molecule has 0 aliphatic carbocycles. The van der Waals surface area contributed by atoms with Gasteiger partial charge in [-0.3, -0.25) is 0 Å². The summed E-state index contributed by atoms with van der Waals surface area (Å²) in [6.07, 6.45) is 4.86. The van der Waals surface area contributed by atoms with Gasteiger partial charge in [0.25, 0.3) is 0 Å². The van der Waals surface area contributed by atoms with Crippen LogP contribution in [0.15, 0.2) is 28.7 Å².